The Hall–Kier alpha value is -3.19. The molecule has 1 fully saturated rings. The van der Waals surface area contributed by atoms with Gasteiger partial charge >= 0.3 is 0 Å². The van der Waals surface area contributed by atoms with Gasteiger partial charge in [0.1, 0.15) is 0 Å². The third-order valence-corrected chi connectivity index (χ3v) is 5.03. The molecule has 0 saturated carbocycles. The molecule has 152 valence electrons. The lowest BCUT2D eigenvalue weighted by molar-refractivity contribution is -0.121. The van der Waals surface area contributed by atoms with Gasteiger partial charge in [-0.25, -0.2) is 0 Å². The molecule has 1 aliphatic heterocycles. The first-order valence-corrected chi connectivity index (χ1v) is 9.82. The van der Waals surface area contributed by atoms with Crippen LogP contribution in [0.3, 0.4) is 0 Å². The Balaban J connectivity index is 1.58. The minimum Gasteiger partial charge on any atom is -0.351 e. The van der Waals surface area contributed by atoms with Crippen molar-refractivity contribution in [3.63, 3.8) is 0 Å². The third kappa shape index (κ3) is 5.20. The lowest BCUT2D eigenvalue weighted by Gasteiger charge is -2.31. The number of carbonyl (C=O) groups excluding carboxylic acids is 3. The summed E-state index contributed by atoms with van der Waals surface area (Å²) >= 11 is 0. The van der Waals surface area contributed by atoms with Gasteiger partial charge in [-0.05, 0) is 37.1 Å². The van der Waals surface area contributed by atoms with Crippen molar-refractivity contribution in [3.05, 3.63) is 65.7 Å². The molecule has 1 aliphatic rings. The minimum atomic E-state index is -0.269. The van der Waals surface area contributed by atoms with E-state index in [-0.39, 0.29) is 23.6 Å². The number of nitrogens with one attached hydrogen (secondary N) is 2. The number of likely N-dealkylation sites (tertiary alicyclic amines) is 1. The van der Waals surface area contributed by atoms with Crippen LogP contribution in [0.1, 0.15) is 33.6 Å². The van der Waals surface area contributed by atoms with Crippen molar-refractivity contribution in [2.24, 2.45) is 11.7 Å². The van der Waals surface area contributed by atoms with Gasteiger partial charge in [-0.1, -0.05) is 30.3 Å². The summed E-state index contributed by atoms with van der Waals surface area (Å²) in [5.74, 6) is -0.605. The molecule has 3 rings (SSSR count). The summed E-state index contributed by atoms with van der Waals surface area (Å²) in [5.41, 5.74) is 6.98. The van der Waals surface area contributed by atoms with Crippen molar-refractivity contribution >= 4 is 23.4 Å². The van der Waals surface area contributed by atoms with Crippen LogP contribution in [-0.2, 0) is 4.79 Å². The second-order valence-corrected chi connectivity index (χ2v) is 7.01. The number of para-hydroxylation sites is 1. The van der Waals surface area contributed by atoms with Crippen molar-refractivity contribution < 1.29 is 14.4 Å². The number of piperidine rings is 1. The second-order valence-electron chi connectivity index (χ2n) is 7.01. The fourth-order valence-electron chi connectivity index (χ4n) is 3.41. The number of hydrogen-bond donors (Lipinski definition) is 3. The normalized spacial score (nSPS) is 14.3. The maximum atomic E-state index is 12.7. The number of rotatable bonds is 6. The highest BCUT2D eigenvalue weighted by Gasteiger charge is 2.28. The van der Waals surface area contributed by atoms with Gasteiger partial charge in [0.15, 0.2) is 0 Å². The smallest absolute Gasteiger partial charge is 0.253 e. The largest absolute Gasteiger partial charge is 0.351 e. The zero-order chi connectivity index (χ0) is 20.6. The van der Waals surface area contributed by atoms with Crippen LogP contribution in [-0.4, -0.2) is 48.8 Å². The van der Waals surface area contributed by atoms with E-state index >= 15 is 0 Å². The number of amides is 3. The number of anilines is 1. The Morgan fingerprint density at radius 1 is 0.966 bits per heavy atom. The molecule has 2 aromatic rings. The Labute approximate surface area is 170 Å². The van der Waals surface area contributed by atoms with Gasteiger partial charge in [0, 0.05) is 37.7 Å². The fraction of sp³-hybridized carbons (Fsp3) is 0.318. The predicted octanol–water partition coefficient (Wildman–Crippen LogP) is 1.87. The fourth-order valence-corrected chi connectivity index (χ4v) is 3.41. The number of nitrogens with two attached hydrogens (primary N) is 1. The number of nitrogens with zero attached hydrogens (tertiary/aromatic N) is 1. The molecule has 7 nitrogen and oxygen atoms in total. The van der Waals surface area contributed by atoms with E-state index in [0.717, 1.165) is 0 Å². The predicted molar refractivity (Wildman–Crippen MR) is 112 cm³/mol. The number of hydrogen-bond acceptors (Lipinski definition) is 4. The molecule has 1 heterocycles. The molecule has 29 heavy (non-hydrogen) atoms. The van der Waals surface area contributed by atoms with E-state index in [1.54, 1.807) is 41.3 Å². The molecule has 0 radical (unpaired) electrons. The van der Waals surface area contributed by atoms with E-state index in [0.29, 0.717) is 55.8 Å². The first-order chi connectivity index (χ1) is 14.1. The van der Waals surface area contributed by atoms with E-state index in [4.69, 9.17) is 5.73 Å². The van der Waals surface area contributed by atoms with Crippen molar-refractivity contribution in [3.8, 4) is 0 Å². The summed E-state index contributed by atoms with van der Waals surface area (Å²) in [5, 5.41) is 5.60. The SMILES string of the molecule is NCCNC(=O)c1ccccc1NC(=O)C1CCN(C(=O)c2ccccc2)CC1. The monoisotopic (exact) mass is 394 g/mol. The van der Waals surface area contributed by atoms with Gasteiger partial charge < -0.3 is 21.3 Å². The zero-order valence-corrected chi connectivity index (χ0v) is 16.3. The first-order valence-electron chi connectivity index (χ1n) is 9.82. The summed E-state index contributed by atoms with van der Waals surface area (Å²) in [4.78, 5) is 39.3. The molecule has 7 heteroatoms. The summed E-state index contributed by atoms with van der Waals surface area (Å²) in [6, 6.07) is 16.1. The molecule has 1 saturated heterocycles. The van der Waals surface area contributed by atoms with Crippen LogP contribution in [0.25, 0.3) is 0 Å². The van der Waals surface area contributed by atoms with Crippen molar-refractivity contribution in [2.75, 3.05) is 31.5 Å². The third-order valence-electron chi connectivity index (χ3n) is 5.03. The molecule has 0 bridgehead atoms. The van der Waals surface area contributed by atoms with Crippen molar-refractivity contribution in [1.82, 2.24) is 10.2 Å². The molecule has 0 atom stereocenters. The van der Waals surface area contributed by atoms with Crippen LogP contribution in [0.2, 0.25) is 0 Å². The molecule has 2 aromatic carbocycles. The van der Waals surface area contributed by atoms with Crippen LogP contribution < -0.4 is 16.4 Å². The van der Waals surface area contributed by atoms with Gasteiger partial charge in [-0.2, -0.15) is 0 Å². The first kappa shape index (κ1) is 20.5. The standard InChI is InChI=1S/C22H26N4O3/c23-12-13-24-21(28)18-8-4-5-9-19(18)25-20(27)16-10-14-26(15-11-16)22(29)17-6-2-1-3-7-17/h1-9,16H,10-15,23H2,(H,24,28)(H,25,27). The maximum Gasteiger partial charge on any atom is 0.253 e. The molecule has 0 aromatic heterocycles. The number of benzene rings is 2. The van der Waals surface area contributed by atoms with Crippen LogP contribution in [0, 0.1) is 5.92 Å². The summed E-state index contributed by atoms with van der Waals surface area (Å²) in [6.07, 6.45) is 1.18. The van der Waals surface area contributed by atoms with Crippen LogP contribution >= 0.6 is 0 Å². The average Bonchev–Trinajstić information content (AvgIpc) is 2.78. The maximum absolute atomic E-state index is 12.7. The molecule has 0 unspecified atom stereocenters. The Bertz CT molecular complexity index is 861. The zero-order valence-electron chi connectivity index (χ0n) is 16.3. The van der Waals surface area contributed by atoms with Gasteiger partial charge in [-0.15, -0.1) is 0 Å². The molecular weight excluding hydrogens is 368 g/mol. The lowest BCUT2D eigenvalue weighted by Crippen LogP contribution is -2.41. The van der Waals surface area contributed by atoms with Crippen molar-refractivity contribution in [2.45, 2.75) is 12.8 Å². The van der Waals surface area contributed by atoms with E-state index in [9.17, 15) is 14.4 Å². The molecule has 0 aliphatic carbocycles. The Morgan fingerprint density at radius 3 is 2.31 bits per heavy atom. The topological polar surface area (TPSA) is 105 Å². The highest BCUT2D eigenvalue weighted by molar-refractivity contribution is 6.04. The quantitative estimate of drug-likeness (QED) is 0.696. The molecule has 4 N–H and O–H groups in total. The minimum absolute atomic E-state index is 0.00798. The highest BCUT2D eigenvalue weighted by atomic mass is 16.2. The molecule has 3 amide bonds. The Kier molecular flexibility index (Phi) is 6.97. The molecule has 0 spiro atoms. The van der Waals surface area contributed by atoms with Gasteiger partial charge in [-0.3, -0.25) is 14.4 Å². The summed E-state index contributed by atoms with van der Waals surface area (Å²) in [6.45, 7) is 1.78. The van der Waals surface area contributed by atoms with Gasteiger partial charge in [0.05, 0.1) is 11.3 Å². The van der Waals surface area contributed by atoms with E-state index in [1.165, 1.54) is 0 Å². The summed E-state index contributed by atoms with van der Waals surface area (Å²) in [7, 11) is 0. The van der Waals surface area contributed by atoms with Gasteiger partial charge in [0.2, 0.25) is 5.91 Å². The van der Waals surface area contributed by atoms with Crippen molar-refractivity contribution in [1.29, 1.82) is 0 Å². The van der Waals surface area contributed by atoms with E-state index < -0.39 is 0 Å². The van der Waals surface area contributed by atoms with Crippen LogP contribution in [0.15, 0.2) is 54.6 Å². The van der Waals surface area contributed by atoms with E-state index in [1.807, 2.05) is 18.2 Å². The van der Waals surface area contributed by atoms with Crippen LogP contribution in [0.5, 0.6) is 0 Å². The molecular formula is C22H26N4O3. The second kappa shape index (κ2) is 9.84. The summed E-state index contributed by atoms with van der Waals surface area (Å²) < 4.78 is 0. The lowest BCUT2D eigenvalue weighted by atomic mass is 9.95. The van der Waals surface area contributed by atoms with Gasteiger partial charge in [0.25, 0.3) is 11.8 Å². The van der Waals surface area contributed by atoms with E-state index in [2.05, 4.69) is 10.6 Å². The number of carbonyl (C=O) groups is 3. The highest BCUT2D eigenvalue weighted by Crippen LogP contribution is 2.22. The van der Waals surface area contributed by atoms with Crippen LogP contribution in [0.4, 0.5) is 5.69 Å². The Morgan fingerprint density at radius 2 is 1.62 bits per heavy atom. The average molecular weight is 394 g/mol.